The van der Waals surface area contributed by atoms with E-state index in [4.69, 9.17) is 4.74 Å². The third-order valence-corrected chi connectivity index (χ3v) is 8.06. The molecule has 0 radical (unpaired) electrons. The topological polar surface area (TPSA) is 22.1 Å². The van der Waals surface area contributed by atoms with Gasteiger partial charge in [-0.15, -0.1) is 11.3 Å². The van der Waals surface area contributed by atoms with Crippen molar-refractivity contribution in [2.75, 3.05) is 7.11 Å². The maximum atomic E-state index is 5.41. The van der Waals surface area contributed by atoms with E-state index in [0.29, 0.717) is 0 Å². The van der Waals surface area contributed by atoms with Gasteiger partial charge in [-0.2, -0.15) is 0 Å². The number of thiophene rings is 1. The van der Waals surface area contributed by atoms with E-state index in [1.54, 1.807) is 7.11 Å². The third-order valence-electron chi connectivity index (χ3n) is 6.86. The number of fused-ring (bicyclic) bond motifs is 7. The van der Waals surface area contributed by atoms with Crippen molar-refractivity contribution < 1.29 is 4.74 Å². The molecule has 35 heavy (non-hydrogen) atoms. The fraction of sp³-hybridized carbons (Fsp3) is 0.0312. The first-order valence-corrected chi connectivity index (χ1v) is 12.5. The number of pyridine rings is 1. The van der Waals surface area contributed by atoms with Crippen LogP contribution in [0.4, 0.5) is 0 Å². The lowest BCUT2D eigenvalue weighted by Gasteiger charge is -2.15. The van der Waals surface area contributed by atoms with Crippen molar-refractivity contribution in [1.82, 2.24) is 4.98 Å². The van der Waals surface area contributed by atoms with Gasteiger partial charge in [0.1, 0.15) is 5.75 Å². The van der Waals surface area contributed by atoms with Gasteiger partial charge in [0.25, 0.3) is 0 Å². The van der Waals surface area contributed by atoms with Crippen LogP contribution in [0.1, 0.15) is 0 Å². The molecule has 2 nitrogen and oxygen atoms in total. The monoisotopic (exact) mass is 467 g/mol. The molecule has 3 heteroatoms. The molecule has 7 rings (SSSR count). The molecule has 0 aliphatic carbocycles. The molecule has 2 aromatic heterocycles. The zero-order valence-corrected chi connectivity index (χ0v) is 20.0. The minimum absolute atomic E-state index is 0.865. The number of hydrogen-bond donors (Lipinski definition) is 0. The first-order valence-electron chi connectivity index (χ1n) is 11.7. The second kappa shape index (κ2) is 7.93. The molecule has 0 aliphatic rings. The Kier molecular flexibility index (Phi) is 4.58. The minimum atomic E-state index is 0.865. The van der Waals surface area contributed by atoms with E-state index in [0.717, 1.165) is 11.3 Å². The van der Waals surface area contributed by atoms with E-state index in [2.05, 4.69) is 83.8 Å². The van der Waals surface area contributed by atoms with E-state index in [-0.39, 0.29) is 0 Å². The van der Waals surface area contributed by atoms with Gasteiger partial charge in [-0.05, 0) is 63.2 Å². The summed E-state index contributed by atoms with van der Waals surface area (Å²) in [6.07, 6.45) is 3.79. The number of aromatic nitrogens is 1. The number of nitrogens with zero attached hydrogens (tertiary/aromatic N) is 1. The standard InChI is InChI=1S/C32H21NOS/c1-34-23-13-11-20(12-14-23)28-18-21-6-4-9-24(22-7-5-17-33-19-22)30(21)31-26(28)15-16-27-25-8-2-3-10-29(25)35-32(27)31/h2-19H,1H3. The van der Waals surface area contributed by atoms with Crippen LogP contribution in [0.2, 0.25) is 0 Å². The van der Waals surface area contributed by atoms with Crippen LogP contribution >= 0.6 is 11.3 Å². The number of benzene rings is 5. The van der Waals surface area contributed by atoms with E-state index >= 15 is 0 Å². The van der Waals surface area contributed by atoms with Crippen molar-refractivity contribution >= 4 is 53.1 Å². The molecule has 0 unspecified atom stereocenters. The van der Waals surface area contributed by atoms with Crippen LogP contribution in [0.5, 0.6) is 5.75 Å². The van der Waals surface area contributed by atoms with Crippen LogP contribution in [-0.4, -0.2) is 12.1 Å². The van der Waals surface area contributed by atoms with Crippen molar-refractivity contribution in [2.24, 2.45) is 0 Å². The summed E-state index contributed by atoms with van der Waals surface area (Å²) in [6, 6.07) is 34.8. The molecule has 2 heterocycles. The van der Waals surface area contributed by atoms with Crippen LogP contribution < -0.4 is 4.74 Å². The number of rotatable bonds is 3. The SMILES string of the molecule is COc1ccc(-c2cc3cccc(-c4cccnc4)c3c3c2ccc2c4ccccc4sc23)cc1. The Balaban J connectivity index is 1.69. The molecule has 7 aromatic rings. The summed E-state index contributed by atoms with van der Waals surface area (Å²) in [4.78, 5) is 4.42. The quantitative estimate of drug-likeness (QED) is 0.242. The van der Waals surface area contributed by atoms with Crippen LogP contribution in [0.15, 0.2) is 109 Å². The normalized spacial score (nSPS) is 11.6. The lowest BCUT2D eigenvalue weighted by molar-refractivity contribution is 0.415. The second-order valence-electron chi connectivity index (χ2n) is 8.76. The van der Waals surface area contributed by atoms with Crippen molar-refractivity contribution in [3.05, 3.63) is 109 Å². The number of methoxy groups -OCH3 is 1. The Bertz CT molecular complexity index is 1870. The summed E-state index contributed by atoms with van der Waals surface area (Å²) >= 11 is 1.88. The van der Waals surface area contributed by atoms with Gasteiger partial charge >= 0.3 is 0 Å². The van der Waals surface area contributed by atoms with Crippen LogP contribution in [0.3, 0.4) is 0 Å². The fourth-order valence-electron chi connectivity index (χ4n) is 5.24. The van der Waals surface area contributed by atoms with Crippen LogP contribution in [0, 0.1) is 0 Å². The van der Waals surface area contributed by atoms with Crippen molar-refractivity contribution in [1.29, 1.82) is 0 Å². The lowest BCUT2D eigenvalue weighted by Crippen LogP contribution is -1.89. The van der Waals surface area contributed by atoms with E-state index in [1.165, 1.54) is 58.4 Å². The third kappa shape index (κ3) is 3.13. The average molecular weight is 468 g/mol. The summed E-state index contributed by atoms with van der Waals surface area (Å²) in [5.41, 5.74) is 4.77. The van der Waals surface area contributed by atoms with Crippen LogP contribution in [-0.2, 0) is 0 Å². The Hall–Kier alpha value is -4.21. The Labute approximate surface area is 207 Å². The number of hydrogen-bond acceptors (Lipinski definition) is 3. The average Bonchev–Trinajstić information content (AvgIpc) is 3.31. The Morgan fingerprint density at radius 1 is 0.657 bits per heavy atom. The summed E-state index contributed by atoms with van der Waals surface area (Å²) < 4.78 is 8.06. The molecular weight excluding hydrogens is 446 g/mol. The minimum Gasteiger partial charge on any atom is -0.497 e. The molecule has 0 saturated heterocycles. The molecule has 0 saturated carbocycles. The van der Waals surface area contributed by atoms with Gasteiger partial charge in [0.05, 0.1) is 7.11 Å². The van der Waals surface area contributed by atoms with Crippen molar-refractivity contribution in [3.8, 4) is 28.0 Å². The fourth-order valence-corrected chi connectivity index (χ4v) is 6.49. The largest absolute Gasteiger partial charge is 0.497 e. The van der Waals surface area contributed by atoms with Crippen molar-refractivity contribution in [2.45, 2.75) is 0 Å². The highest BCUT2D eigenvalue weighted by molar-refractivity contribution is 7.26. The highest BCUT2D eigenvalue weighted by atomic mass is 32.1. The molecule has 0 atom stereocenters. The predicted molar refractivity (Wildman–Crippen MR) is 150 cm³/mol. The maximum absolute atomic E-state index is 5.41. The lowest BCUT2D eigenvalue weighted by atomic mass is 9.89. The van der Waals surface area contributed by atoms with E-state index in [9.17, 15) is 0 Å². The highest BCUT2D eigenvalue weighted by Crippen LogP contribution is 2.46. The zero-order valence-electron chi connectivity index (χ0n) is 19.2. The first-order chi connectivity index (χ1) is 17.3. The molecule has 5 aromatic carbocycles. The van der Waals surface area contributed by atoms with Crippen molar-refractivity contribution in [3.63, 3.8) is 0 Å². The van der Waals surface area contributed by atoms with Crippen LogP contribution in [0.25, 0.3) is 64.0 Å². The van der Waals surface area contributed by atoms with Gasteiger partial charge in [-0.25, -0.2) is 0 Å². The smallest absolute Gasteiger partial charge is 0.118 e. The number of ether oxygens (including phenoxy) is 1. The highest BCUT2D eigenvalue weighted by Gasteiger charge is 2.17. The second-order valence-corrected chi connectivity index (χ2v) is 9.81. The molecule has 166 valence electrons. The molecule has 0 spiro atoms. The molecule has 0 fully saturated rings. The van der Waals surface area contributed by atoms with Gasteiger partial charge in [0.2, 0.25) is 0 Å². The summed E-state index contributed by atoms with van der Waals surface area (Å²) in [7, 11) is 1.71. The van der Waals surface area contributed by atoms with Gasteiger partial charge in [-0.1, -0.05) is 66.7 Å². The molecule has 0 amide bonds. The Morgan fingerprint density at radius 2 is 1.51 bits per heavy atom. The molecular formula is C32H21NOS. The van der Waals surface area contributed by atoms with E-state index < -0.39 is 0 Å². The molecule has 0 bridgehead atoms. The van der Waals surface area contributed by atoms with E-state index in [1.807, 2.05) is 41.9 Å². The maximum Gasteiger partial charge on any atom is 0.118 e. The summed E-state index contributed by atoms with van der Waals surface area (Å²) in [5.74, 6) is 0.865. The van der Waals surface area contributed by atoms with Gasteiger partial charge in [-0.3, -0.25) is 4.98 Å². The van der Waals surface area contributed by atoms with Gasteiger partial charge < -0.3 is 4.74 Å². The predicted octanol–water partition coefficient (Wildman–Crippen LogP) is 9.10. The first kappa shape index (κ1) is 20.2. The van der Waals surface area contributed by atoms with Gasteiger partial charge in [0.15, 0.2) is 0 Å². The Morgan fingerprint density at radius 3 is 2.34 bits per heavy atom. The summed E-state index contributed by atoms with van der Waals surface area (Å²) in [5, 5.41) is 7.72. The summed E-state index contributed by atoms with van der Waals surface area (Å²) in [6.45, 7) is 0. The van der Waals surface area contributed by atoms with Gasteiger partial charge in [0, 0.05) is 43.5 Å². The zero-order chi connectivity index (χ0) is 23.4. The molecule has 0 N–H and O–H groups in total. The molecule has 0 aliphatic heterocycles.